The van der Waals surface area contributed by atoms with Gasteiger partial charge in [0.15, 0.2) is 5.84 Å². The molecule has 3 rings (SSSR count). The quantitative estimate of drug-likeness (QED) is 0.491. The monoisotopic (exact) mass is 407 g/mol. The number of aryl methyl sites for hydroxylation is 1. The van der Waals surface area contributed by atoms with Gasteiger partial charge in [0.25, 0.3) is 10.0 Å². The molecule has 0 aliphatic heterocycles. The number of pyridine rings is 1. The van der Waals surface area contributed by atoms with E-state index in [0.717, 1.165) is 5.56 Å². The van der Waals surface area contributed by atoms with Crippen molar-refractivity contribution in [2.24, 2.45) is 4.40 Å². The molecule has 0 aliphatic carbocycles. The number of aromatic nitrogens is 1. The summed E-state index contributed by atoms with van der Waals surface area (Å²) in [7, 11) is -3.94. The number of rotatable bonds is 4. The average molecular weight is 408 g/mol. The molecular weight excluding hydrogens is 382 g/mol. The van der Waals surface area contributed by atoms with Gasteiger partial charge in [-0.05, 0) is 41.7 Å². The molecule has 29 heavy (non-hydrogen) atoms. The molecule has 1 aromatic heterocycles. The van der Waals surface area contributed by atoms with Crippen molar-refractivity contribution in [1.82, 2.24) is 4.98 Å². The van der Waals surface area contributed by atoms with Crippen molar-refractivity contribution >= 4 is 21.7 Å². The Bertz CT molecular complexity index is 1120. The van der Waals surface area contributed by atoms with Crippen molar-refractivity contribution in [3.8, 4) is 0 Å². The molecule has 0 saturated carbocycles. The van der Waals surface area contributed by atoms with Crippen LogP contribution in [-0.2, 0) is 15.4 Å². The Morgan fingerprint density at radius 3 is 2.28 bits per heavy atom. The lowest BCUT2D eigenvalue weighted by molar-refractivity contribution is 0.583. The predicted octanol–water partition coefficient (Wildman–Crippen LogP) is 4.94. The number of sulfonamides is 1. The van der Waals surface area contributed by atoms with Crippen molar-refractivity contribution in [2.45, 2.75) is 38.0 Å². The first kappa shape index (κ1) is 20.7. The number of hydrogen-bond donors (Lipinski definition) is 1. The lowest BCUT2D eigenvalue weighted by Gasteiger charge is -2.20. The Kier molecular flexibility index (Phi) is 5.84. The number of anilines is 1. The van der Waals surface area contributed by atoms with Crippen LogP contribution in [-0.4, -0.2) is 19.2 Å². The smallest absolute Gasteiger partial charge is 0.284 e. The lowest BCUT2D eigenvalue weighted by atomic mass is 9.87. The van der Waals surface area contributed by atoms with Gasteiger partial charge >= 0.3 is 0 Å². The van der Waals surface area contributed by atoms with Crippen molar-refractivity contribution in [3.63, 3.8) is 0 Å². The molecule has 0 unspecified atom stereocenters. The zero-order chi connectivity index (χ0) is 21.1. The SMILES string of the molecule is Cc1ccc(C(C)(C)C)cc1S(=O)(=O)/N=C(\Nc1ccccn1)c1ccccc1. The topological polar surface area (TPSA) is 71.4 Å². The first-order valence-corrected chi connectivity index (χ1v) is 10.8. The van der Waals surface area contributed by atoms with Crippen LogP contribution in [0.1, 0.15) is 37.5 Å². The number of amidine groups is 1. The maximum absolute atomic E-state index is 13.3. The standard InChI is InChI=1S/C23H25N3O2S/c1-17-13-14-19(23(2,3)4)16-20(17)29(27,28)26-22(18-10-6-5-7-11-18)25-21-12-8-9-15-24-21/h5-16H,1-4H3,(H,24,25,26). The summed E-state index contributed by atoms with van der Waals surface area (Å²) in [6.07, 6.45) is 1.64. The van der Waals surface area contributed by atoms with Gasteiger partial charge in [-0.2, -0.15) is 8.42 Å². The van der Waals surface area contributed by atoms with Crippen molar-refractivity contribution in [2.75, 3.05) is 5.32 Å². The minimum atomic E-state index is -3.94. The Labute approximate surface area is 172 Å². The van der Waals surface area contributed by atoms with E-state index >= 15 is 0 Å². The van der Waals surface area contributed by atoms with Crippen LogP contribution in [0.4, 0.5) is 5.82 Å². The third-order valence-corrected chi connectivity index (χ3v) is 5.92. The highest BCUT2D eigenvalue weighted by molar-refractivity contribution is 7.90. The molecule has 1 N–H and O–H groups in total. The number of benzene rings is 2. The second kappa shape index (κ2) is 8.17. The van der Waals surface area contributed by atoms with Crippen molar-refractivity contribution < 1.29 is 8.42 Å². The van der Waals surface area contributed by atoms with E-state index in [1.165, 1.54) is 0 Å². The van der Waals surface area contributed by atoms with E-state index in [2.05, 4.69) is 35.5 Å². The van der Waals surface area contributed by atoms with Crippen LogP contribution in [0.15, 0.2) is 82.2 Å². The van der Waals surface area contributed by atoms with E-state index in [1.54, 1.807) is 31.3 Å². The van der Waals surface area contributed by atoms with Gasteiger partial charge in [0.05, 0.1) is 4.90 Å². The minimum Gasteiger partial charge on any atom is -0.324 e. The largest absolute Gasteiger partial charge is 0.324 e. The molecule has 0 aliphatic rings. The molecule has 2 aromatic carbocycles. The summed E-state index contributed by atoms with van der Waals surface area (Å²) in [5, 5.41) is 3.05. The highest BCUT2D eigenvalue weighted by Crippen LogP contribution is 2.28. The summed E-state index contributed by atoms with van der Waals surface area (Å²) in [5.41, 5.74) is 2.09. The van der Waals surface area contributed by atoms with Crippen LogP contribution in [0.5, 0.6) is 0 Å². The molecule has 0 fully saturated rings. The number of nitrogens with zero attached hydrogens (tertiary/aromatic N) is 2. The maximum Gasteiger partial charge on any atom is 0.284 e. The van der Waals surface area contributed by atoms with E-state index in [4.69, 9.17) is 0 Å². The molecule has 0 spiro atoms. The zero-order valence-electron chi connectivity index (χ0n) is 17.0. The molecular formula is C23H25N3O2S. The van der Waals surface area contributed by atoms with Gasteiger partial charge in [-0.3, -0.25) is 0 Å². The molecule has 6 heteroatoms. The Morgan fingerprint density at radius 1 is 0.966 bits per heavy atom. The summed E-state index contributed by atoms with van der Waals surface area (Å²) in [6.45, 7) is 7.93. The predicted molar refractivity (Wildman–Crippen MR) is 118 cm³/mol. The second-order valence-corrected chi connectivity index (χ2v) is 9.42. The van der Waals surface area contributed by atoms with Gasteiger partial charge in [-0.25, -0.2) is 4.98 Å². The van der Waals surface area contributed by atoms with Crippen molar-refractivity contribution in [3.05, 3.63) is 89.6 Å². The van der Waals surface area contributed by atoms with E-state index in [9.17, 15) is 8.42 Å². The average Bonchev–Trinajstić information content (AvgIpc) is 2.68. The molecule has 150 valence electrons. The Hall–Kier alpha value is -2.99. The number of nitrogens with one attached hydrogen (secondary N) is 1. The highest BCUT2D eigenvalue weighted by Gasteiger charge is 2.22. The first-order valence-electron chi connectivity index (χ1n) is 9.36. The van der Waals surface area contributed by atoms with Gasteiger partial charge in [0.1, 0.15) is 5.82 Å². The summed E-state index contributed by atoms with van der Waals surface area (Å²) >= 11 is 0. The normalized spacial score (nSPS) is 12.6. The minimum absolute atomic E-state index is 0.170. The van der Waals surface area contributed by atoms with Crippen LogP contribution >= 0.6 is 0 Å². The van der Waals surface area contributed by atoms with Crippen LogP contribution in [0, 0.1) is 6.92 Å². The summed E-state index contributed by atoms with van der Waals surface area (Å²) < 4.78 is 30.7. The third-order valence-electron chi connectivity index (χ3n) is 4.50. The highest BCUT2D eigenvalue weighted by atomic mass is 32.2. The summed E-state index contributed by atoms with van der Waals surface area (Å²) in [4.78, 5) is 4.43. The van der Waals surface area contributed by atoms with Crippen LogP contribution in [0.25, 0.3) is 0 Å². The molecule has 0 amide bonds. The van der Waals surface area contributed by atoms with Gasteiger partial charge in [0.2, 0.25) is 0 Å². The van der Waals surface area contributed by atoms with E-state index in [0.29, 0.717) is 16.9 Å². The van der Waals surface area contributed by atoms with Crippen LogP contribution < -0.4 is 5.32 Å². The fourth-order valence-electron chi connectivity index (χ4n) is 2.82. The Balaban J connectivity index is 2.11. The van der Waals surface area contributed by atoms with Gasteiger partial charge in [0, 0.05) is 11.8 Å². The molecule has 0 saturated heterocycles. The molecule has 0 bridgehead atoms. The summed E-state index contributed by atoms with van der Waals surface area (Å²) in [6, 6.07) is 20.0. The first-order chi connectivity index (χ1) is 13.7. The van der Waals surface area contributed by atoms with E-state index in [-0.39, 0.29) is 16.1 Å². The lowest BCUT2D eigenvalue weighted by Crippen LogP contribution is -2.18. The molecule has 3 aromatic rings. The third kappa shape index (κ3) is 5.09. The van der Waals surface area contributed by atoms with Crippen LogP contribution in [0.2, 0.25) is 0 Å². The Morgan fingerprint density at radius 2 is 1.66 bits per heavy atom. The number of hydrogen-bond acceptors (Lipinski definition) is 3. The summed E-state index contributed by atoms with van der Waals surface area (Å²) in [5.74, 6) is 0.746. The zero-order valence-corrected chi connectivity index (χ0v) is 17.9. The fraction of sp³-hybridized carbons (Fsp3) is 0.217. The second-order valence-electron chi connectivity index (χ2n) is 7.85. The van der Waals surface area contributed by atoms with Crippen molar-refractivity contribution in [1.29, 1.82) is 0 Å². The van der Waals surface area contributed by atoms with Gasteiger partial charge in [-0.1, -0.05) is 69.3 Å². The van der Waals surface area contributed by atoms with E-state index < -0.39 is 10.0 Å². The fourth-order valence-corrected chi connectivity index (χ4v) is 4.06. The molecule has 0 atom stereocenters. The van der Waals surface area contributed by atoms with Gasteiger partial charge in [-0.15, -0.1) is 4.40 Å². The van der Waals surface area contributed by atoms with Crippen LogP contribution in [0.3, 0.4) is 0 Å². The van der Waals surface area contributed by atoms with E-state index in [1.807, 2.05) is 48.5 Å². The van der Waals surface area contributed by atoms with Gasteiger partial charge < -0.3 is 5.32 Å². The maximum atomic E-state index is 13.3. The molecule has 0 radical (unpaired) electrons. The molecule has 5 nitrogen and oxygen atoms in total. The molecule has 1 heterocycles.